The van der Waals surface area contributed by atoms with Crippen LogP contribution in [-0.4, -0.2) is 4.98 Å². The number of anilines is 1. The molecule has 0 amide bonds. The Labute approximate surface area is 113 Å². The third kappa shape index (κ3) is 3.80. The molecule has 0 aliphatic heterocycles. The van der Waals surface area contributed by atoms with Crippen molar-refractivity contribution in [2.45, 2.75) is 20.0 Å². The predicted molar refractivity (Wildman–Crippen MR) is 75.9 cm³/mol. The quantitative estimate of drug-likeness (QED) is 0.853. The SMILES string of the molecule is Cc1nc(CNCc2cc(N)cc(Br)c2)cs1. The maximum Gasteiger partial charge on any atom is 0.0897 e. The molecule has 1 aromatic carbocycles. The van der Waals surface area contributed by atoms with E-state index in [0.717, 1.165) is 34.0 Å². The van der Waals surface area contributed by atoms with E-state index in [1.807, 2.05) is 19.1 Å². The lowest BCUT2D eigenvalue weighted by Crippen LogP contribution is -2.13. The summed E-state index contributed by atoms with van der Waals surface area (Å²) >= 11 is 5.11. The maximum absolute atomic E-state index is 5.78. The summed E-state index contributed by atoms with van der Waals surface area (Å²) in [6.45, 7) is 3.60. The molecule has 0 bridgehead atoms. The molecule has 1 heterocycles. The van der Waals surface area contributed by atoms with E-state index < -0.39 is 0 Å². The van der Waals surface area contributed by atoms with Crippen molar-refractivity contribution < 1.29 is 0 Å². The highest BCUT2D eigenvalue weighted by atomic mass is 79.9. The van der Waals surface area contributed by atoms with Gasteiger partial charge in [0.1, 0.15) is 0 Å². The van der Waals surface area contributed by atoms with E-state index >= 15 is 0 Å². The number of nitrogens with two attached hydrogens (primary N) is 1. The summed E-state index contributed by atoms with van der Waals surface area (Å²) in [5.41, 5.74) is 8.82. The van der Waals surface area contributed by atoms with E-state index in [0.29, 0.717) is 0 Å². The molecule has 1 aromatic heterocycles. The van der Waals surface area contributed by atoms with Gasteiger partial charge in [0.05, 0.1) is 10.7 Å². The van der Waals surface area contributed by atoms with E-state index in [4.69, 9.17) is 5.73 Å². The van der Waals surface area contributed by atoms with Crippen molar-refractivity contribution in [1.29, 1.82) is 0 Å². The number of thiazole rings is 1. The average molecular weight is 312 g/mol. The van der Waals surface area contributed by atoms with Crippen molar-refractivity contribution in [3.8, 4) is 0 Å². The first-order valence-electron chi connectivity index (χ1n) is 5.30. The highest BCUT2D eigenvalue weighted by Gasteiger charge is 2.00. The Morgan fingerprint density at radius 3 is 2.82 bits per heavy atom. The molecule has 0 aliphatic carbocycles. The number of hydrogen-bond donors (Lipinski definition) is 2. The van der Waals surface area contributed by atoms with Crippen LogP contribution >= 0.6 is 27.3 Å². The summed E-state index contributed by atoms with van der Waals surface area (Å²) in [5, 5.41) is 6.54. The zero-order valence-electron chi connectivity index (χ0n) is 9.53. The summed E-state index contributed by atoms with van der Waals surface area (Å²) in [7, 11) is 0. The molecule has 0 radical (unpaired) electrons. The highest BCUT2D eigenvalue weighted by molar-refractivity contribution is 9.10. The molecule has 3 nitrogen and oxygen atoms in total. The lowest BCUT2D eigenvalue weighted by Gasteiger charge is -2.05. The van der Waals surface area contributed by atoms with E-state index in [9.17, 15) is 0 Å². The summed E-state index contributed by atoms with van der Waals surface area (Å²) in [6, 6.07) is 5.94. The van der Waals surface area contributed by atoms with E-state index in [2.05, 4.69) is 37.7 Å². The third-order valence-electron chi connectivity index (χ3n) is 2.28. The third-order valence-corrected chi connectivity index (χ3v) is 3.56. The van der Waals surface area contributed by atoms with Crippen molar-refractivity contribution in [1.82, 2.24) is 10.3 Å². The Bertz CT molecular complexity index is 490. The van der Waals surface area contributed by atoms with Crippen molar-refractivity contribution in [3.63, 3.8) is 0 Å². The number of halogens is 1. The van der Waals surface area contributed by atoms with Crippen molar-refractivity contribution in [2.75, 3.05) is 5.73 Å². The number of nitrogens with zero attached hydrogens (tertiary/aromatic N) is 1. The van der Waals surface area contributed by atoms with E-state index in [-0.39, 0.29) is 0 Å². The maximum atomic E-state index is 5.78. The Balaban J connectivity index is 1.89. The van der Waals surface area contributed by atoms with Crippen LogP contribution in [0.2, 0.25) is 0 Å². The molecule has 17 heavy (non-hydrogen) atoms. The molecule has 0 aliphatic rings. The molecule has 0 fully saturated rings. The number of rotatable bonds is 4. The fraction of sp³-hybridized carbons (Fsp3) is 0.250. The summed E-state index contributed by atoms with van der Waals surface area (Å²) < 4.78 is 1.01. The van der Waals surface area contributed by atoms with Gasteiger partial charge < -0.3 is 11.1 Å². The molecule has 90 valence electrons. The van der Waals surface area contributed by atoms with Gasteiger partial charge >= 0.3 is 0 Å². The minimum atomic E-state index is 0.778. The average Bonchev–Trinajstić information content (AvgIpc) is 2.63. The van der Waals surface area contributed by atoms with Gasteiger partial charge in [-0.15, -0.1) is 11.3 Å². The summed E-state index contributed by atoms with van der Waals surface area (Å²) in [6.07, 6.45) is 0. The van der Waals surface area contributed by atoms with Gasteiger partial charge in [-0.2, -0.15) is 0 Å². The van der Waals surface area contributed by atoms with Gasteiger partial charge in [-0.1, -0.05) is 15.9 Å². The molecule has 0 spiro atoms. The zero-order valence-corrected chi connectivity index (χ0v) is 11.9. The molecule has 2 aromatic rings. The molecular weight excluding hydrogens is 298 g/mol. The highest BCUT2D eigenvalue weighted by Crippen LogP contribution is 2.17. The molecule has 5 heteroatoms. The number of nitrogen functional groups attached to an aromatic ring is 1. The predicted octanol–water partition coefficient (Wildman–Crippen LogP) is 3.09. The Morgan fingerprint density at radius 1 is 1.35 bits per heavy atom. The molecule has 2 rings (SSSR count). The number of benzene rings is 1. The molecule has 0 saturated carbocycles. The van der Waals surface area contributed by atoms with Gasteiger partial charge in [-0.25, -0.2) is 4.98 Å². The first-order valence-corrected chi connectivity index (χ1v) is 6.97. The van der Waals surface area contributed by atoms with Gasteiger partial charge in [0, 0.05) is 28.6 Å². The van der Waals surface area contributed by atoms with Crippen LogP contribution in [-0.2, 0) is 13.1 Å². The van der Waals surface area contributed by atoms with Gasteiger partial charge in [0.25, 0.3) is 0 Å². The normalized spacial score (nSPS) is 10.7. The topological polar surface area (TPSA) is 50.9 Å². The van der Waals surface area contributed by atoms with E-state index in [1.165, 1.54) is 5.56 Å². The second kappa shape index (κ2) is 5.62. The Kier molecular flexibility index (Phi) is 4.15. The smallest absolute Gasteiger partial charge is 0.0897 e. The van der Waals surface area contributed by atoms with Crippen LogP contribution in [0.25, 0.3) is 0 Å². The largest absolute Gasteiger partial charge is 0.399 e. The van der Waals surface area contributed by atoms with Gasteiger partial charge in [-0.05, 0) is 30.7 Å². The fourth-order valence-corrected chi connectivity index (χ4v) is 2.77. The van der Waals surface area contributed by atoms with Gasteiger partial charge in [0.15, 0.2) is 0 Å². The van der Waals surface area contributed by atoms with Crippen molar-refractivity contribution in [2.24, 2.45) is 0 Å². The van der Waals surface area contributed by atoms with Crippen LogP contribution in [0.1, 0.15) is 16.3 Å². The second-order valence-corrected chi connectivity index (χ2v) is 5.83. The first-order chi connectivity index (χ1) is 8.13. The lowest BCUT2D eigenvalue weighted by molar-refractivity contribution is 0.682. The van der Waals surface area contributed by atoms with E-state index in [1.54, 1.807) is 11.3 Å². The molecule has 3 N–H and O–H groups in total. The van der Waals surface area contributed by atoms with Crippen LogP contribution in [0, 0.1) is 6.92 Å². The zero-order chi connectivity index (χ0) is 12.3. The Hall–Kier alpha value is -0.910. The molecule has 0 atom stereocenters. The lowest BCUT2D eigenvalue weighted by atomic mass is 10.2. The van der Waals surface area contributed by atoms with Crippen LogP contribution < -0.4 is 11.1 Å². The van der Waals surface area contributed by atoms with Crippen LogP contribution in [0.3, 0.4) is 0 Å². The minimum absolute atomic E-state index is 0.778. The summed E-state index contributed by atoms with van der Waals surface area (Å²) in [5.74, 6) is 0. The number of aromatic nitrogens is 1. The monoisotopic (exact) mass is 311 g/mol. The Morgan fingerprint density at radius 2 is 2.18 bits per heavy atom. The van der Waals surface area contributed by atoms with Crippen molar-refractivity contribution >= 4 is 33.0 Å². The van der Waals surface area contributed by atoms with Gasteiger partial charge in [0.2, 0.25) is 0 Å². The van der Waals surface area contributed by atoms with Crippen LogP contribution in [0.15, 0.2) is 28.1 Å². The minimum Gasteiger partial charge on any atom is -0.399 e. The van der Waals surface area contributed by atoms with Crippen LogP contribution in [0.4, 0.5) is 5.69 Å². The summed E-state index contributed by atoms with van der Waals surface area (Å²) in [4.78, 5) is 4.40. The first kappa shape index (κ1) is 12.5. The molecular formula is C12H14BrN3S. The molecule has 0 saturated heterocycles. The fourth-order valence-electron chi connectivity index (χ4n) is 1.60. The van der Waals surface area contributed by atoms with Crippen molar-refractivity contribution in [3.05, 3.63) is 44.3 Å². The molecule has 0 unspecified atom stereocenters. The number of aryl methyl sites for hydroxylation is 1. The van der Waals surface area contributed by atoms with Crippen LogP contribution in [0.5, 0.6) is 0 Å². The van der Waals surface area contributed by atoms with Gasteiger partial charge in [-0.3, -0.25) is 0 Å². The number of hydrogen-bond acceptors (Lipinski definition) is 4. The standard InChI is InChI=1S/C12H14BrN3S/c1-8-16-12(7-17-8)6-15-5-9-2-10(13)4-11(14)3-9/h2-4,7,15H,5-6,14H2,1H3. The second-order valence-electron chi connectivity index (χ2n) is 3.85. The number of nitrogens with one attached hydrogen (secondary N) is 1.